The quantitative estimate of drug-likeness (QED) is 0.694. The summed E-state index contributed by atoms with van der Waals surface area (Å²) in [6, 6.07) is 0.679. The summed E-state index contributed by atoms with van der Waals surface area (Å²) >= 11 is 0. The zero-order valence-electron chi connectivity index (χ0n) is 10.6. The van der Waals surface area contributed by atoms with E-state index in [9.17, 15) is 0 Å². The Morgan fingerprint density at radius 3 is 2.43 bits per heavy atom. The first kappa shape index (κ1) is 12.0. The first-order chi connectivity index (χ1) is 6.22. The molecule has 0 bridgehead atoms. The molecule has 1 N–H and O–H groups in total. The Balaban J connectivity index is 2.62. The highest BCUT2D eigenvalue weighted by Gasteiger charge is 2.34. The van der Waals surface area contributed by atoms with Crippen LogP contribution in [0.2, 0.25) is 0 Å². The van der Waals surface area contributed by atoms with Crippen LogP contribution in [-0.2, 0) is 0 Å². The van der Waals surface area contributed by atoms with Gasteiger partial charge >= 0.3 is 0 Å². The summed E-state index contributed by atoms with van der Waals surface area (Å²) in [6.07, 6.45) is 1.26. The first-order valence-corrected chi connectivity index (χ1v) is 5.66. The van der Waals surface area contributed by atoms with Gasteiger partial charge in [-0.3, -0.25) is 4.90 Å². The monoisotopic (exact) mass is 198 g/mol. The summed E-state index contributed by atoms with van der Waals surface area (Å²) in [7, 11) is 2.26. The third-order valence-electron chi connectivity index (χ3n) is 3.29. The molecule has 1 aliphatic heterocycles. The van der Waals surface area contributed by atoms with Gasteiger partial charge in [0.1, 0.15) is 0 Å². The van der Waals surface area contributed by atoms with Gasteiger partial charge in [0, 0.05) is 24.7 Å². The van der Waals surface area contributed by atoms with Crippen molar-refractivity contribution in [2.45, 2.75) is 52.6 Å². The van der Waals surface area contributed by atoms with Crippen LogP contribution in [0.25, 0.3) is 0 Å². The molecule has 84 valence electrons. The van der Waals surface area contributed by atoms with Crippen molar-refractivity contribution < 1.29 is 0 Å². The van der Waals surface area contributed by atoms with E-state index >= 15 is 0 Å². The van der Waals surface area contributed by atoms with Crippen LogP contribution in [0.5, 0.6) is 0 Å². The van der Waals surface area contributed by atoms with Gasteiger partial charge in [0.05, 0.1) is 0 Å². The second-order valence-electron chi connectivity index (χ2n) is 6.47. The van der Waals surface area contributed by atoms with Gasteiger partial charge in [-0.2, -0.15) is 0 Å². The molecule has 1 unspecified atom stereocenters. The zero-order chi connectivity index (χ0) is 11.0. The number of rotatable bonds is 1. The molecule has 0 aromatic rings. The second kappa shape index (κ2) is 3.82. The van der Waals surface area contributed by atoms with Crippen LogP contribution in [0.1, 0.15) is 41.0 Å². The molecule has 1 saturated heterocycles. The van der Waals surface area contributed by atoms with Gasteiger partial charge in [-0.1, -0.05) is 20.8 Å². The van der Waals surface area contributed by atoms with Gasteiger partial charge in [0.15, 0.2) is 0 Å². The molecule has 2 nitrogen and oxygen atoms in total. The van der Waals surface area contributed by atoms with E-state index in [4.69, 9.17) is 0 Å². The molecule has 1 rings (SSSR count). The Morgan fingerprint density at radius 1 is 1.36 bits per heavy atom. The minimum atomic E-state index is 0.300. The van der Waals surface area contributed by atoms with E-state index in [1.54, 1.807) is 0 Å². The van der Waals surface area contributed by atoms with Gasteiger partial charge in [0.25, 0.3) is 0 Å². The molecule has 2 heteroatoms. The van der Waals surface area contributed by atoms with Gasteiger partial charge in [-0.15, -0.1) is 0 Å². The van der Waals surface area contributed by atoms with E-state index < -0.39 is 0 Å². The molecule has 1 aliphatic rings. The lowest BCUT2D eigenvalue weighted by molar-refractivity contribution is 0.0440. The summed E-state index contributed by atoms with van der Waals surface area (Å²) in [5.41, 5.74) is 0.724. The van der Waals surface area contributed by atoms with E-state index in [1.165, 1.54) is 6.42 Å². The Bertz CT molecular complexity index is 191. The molecule has 1 heterocycles. The van der Waals surface area contributed by atoms with Crippen LogP contribution < -0.4 is 5.32 Å². The molecule has 0 aromatic carbocycles. The second-order valence-corrected chi connectivity index (χ2v) is 6.47. The maximum Gasteiger partial charge on any atom is 0.0278 e. The van der Waals surface area contributed by atoms with Crippen molar-refractivity contribution in [2.24, 2.45) is 5.41 Å². The number of piperazine rings is 1. The van der Waals surface area contributed by atoms with Gasteiger partial charge in [-0.05, 0) is 32.7 Å². The molecule has 0 amide bonds. The fraction of sp³-hybridized carbons (Fsp3) is 1.00. The maximum absolute atomic E-state index is 3.54. The van der Waals surface area contributed by atoms with Crippen molar-refractivity contribution in [3.63, 3.8) is 0 Å². The maximum atomic E-state index is 3.54. The number of hydrogen-bond acceptors (Lipinski definition) is 2. The highest BCUT2D eigenvalue weighted by Crippen LogP contribution is 2.28. The number of nitrogens with one attached hydrogen (secondary N) is 1. The van der Waals surface area contributed by atoms with E-state index in [1.807, 2.05) is 0 Å². The van der Waals surface area contributed by atoms with Gasteiger partial charge < -0.3 is 5.32 Å². The summed E-state index contributed by atoms with van der Waals surface area (Å²) in [5.74, 6) is 0. The molecule has 1 fully saturated rings. The van der Waals surface area contributed by atoms with Crippen LogP contribution in [0, 0.1) is 5.41 Å². The van der Waals surface area contributed by atoms with Crippen LogP contribution in [0.15, 0.2) is 0 Å². The van der Waals surface area contributed by atoms with E-state index in [2.05, 4.69) is 51.9 Å². The average molecular weight is 198 g/mol. The first-order valence-electron chi connectivity index (χ1n) is 5.66. The lowest BCUT2D eigenvalue weighted by Gasteiger charge is -2.47. The third-order valence-corrected chi connectivity index (χ3v) is 3.29. The summed E-state index contributed by atoms with van der Waals surface area (Å²) < 4.78 is 0. The molecular formula is C12H26N2. The van der Waals surface area contributed by atoms with Crippen molar-refractivity contribution in [1.82, 2.24) is 10.2 Å². The summed E-state index contributed by atoms with van der Waals surface area (Å²) in [4.78, 5) is 2.54. The molecule has 0 radical (unpaired) electrons. The van der Waals surface area contributed by atoms with Crippen molar-refractivity contribution in [1.29, 1.82) is 0 Å². The molecule has 0 saturated carbocycles. The molecular weight excluding hydrogens is 172 g/mol. The lowest BCUT2D eigenvalue weighted by Crippen LogP contribution is -2.61. The summed E-state index contributed by atoms with van der Waals surface area (Å²) in [5, 5.41) is 3.54. The Morgan fingerprint density at radius 2 is 1.93 bits per heavy atom. The van der Waals surface area contributed by atoms with E-state index in [0.717, 1.165) is 13.1 Å². The van der Waals surface area contributed by atoms with Gasteiger partial charge in [0.2, 0.25) is 0 Å². The number of hydrogen-bond donors (Lipinski definition) is 1. The Hall–Kier alpha value is -0.0800. The highest BCUT2D eigenvalue weighted by atomic mass is 15.3. The Kier molecular flexibility index (Phi) is 3.27. The smallest absolute Gasteiger partial charge is 0.0278 e. The predicted octanol–water partition coefficient (Wildman–Crippen LogP) is 2.10. The molecule has 0 aromatic heterocycles. The minimum absolute atomic E-state index is 0.300. The lowest BCUT2D eigenvalue weighted by atomic mass is 9.84. The molecule has 1 atom stereocenters. The van der Waals surface area contributed by atoms with Crippen LogP contribution in [-0.4, -0.2) is 36.6 Å². The van der Waals surface area contributed by atoms with E-state index in [0.29, 0.717) is 17.0 Å². The van der Waals surface area contributed by atoms with Crippen molar-refractivity contribution in [3.8, 4) is 0 Å². The van der Waals surface area contributed by atoms with Crippen molar-refractivity contribution in [3.05, 3.63) is 0 Å². The fourth-order valence-electron chi connectivity index (χ4n) is 2.22. The largest absolute Gasteiger partial charge is 0.313 e. The minimum Gasteiger partial charge on any atom is -0.313 e. The van der Waals surface area contributed by atoms with Crippen molar-refractivity contribution in [2.75, 3.05) is 20.1 Å². The van der Waals surface area contributed by atoms with Crippen LogP contribution >= 0.6 is 0 Å². The predicted molar refractivity (Wildman–Crippen MR) is 62.6 cm³/mol. The van der Waals surface area contributed by atoms with E-state index in [-0.39, 0.29) is 0 Å². The number of likely N-dealkylation sites (N-methyl/N-ethyl adjacent to an activating group) is 1. The van der Waals surface area contributed by atoms with Gasteiger partial charge in [-0.25, -0.2) is 0 Å². The molecule has 0 spiro atoms. The van der Waals surface area contributed by atoms with Crippen LogP contribution in [0.4, 0.5) is 0 Å². The normalized spacial score (nSPS) is 29.1. The fourth-order valence-corrected chi connectivity index (χ4v) is 2.22. The zero-order valence-corrected chi connectivity index (χ0v) is 10.6. The third kappa shape index (κ3) is 2.96. The summed E-state index contributed by atoms with van der Waals surface area (Å²) in [6.45, 7) is 13.8. The average Bonchev–Trinajstić information content (AvgIpc) is 1.96. The standard InChI is InChI=1S/C12H26N2/c1-11(2,3)7-10-8-13-9-12(4,5)14(10)6/h10,13H,7-9H2,1-6H3. The van der Waals surface area contributed by atoms with Crippen LogP contribution in [0.3, 0.4) is 0 Å². The molecule has 0 aliphatic carbocycles. The molecule has 14 heavy (non-hydrogen) atoms. The Labute approximate surface area is 89.1 Å². The van der Waals surface area contributed by atoms with Crippen molar-refractivity contribution >= 4 is 0 Å². The SMILES string of the molecule is CN1C(CC(C)(C)C)CNCC1(C)C. The topological polar surface area (TPSA) is 15.3 Å². The highest BCUT2D eigenvalue weighted by molar-refractivity contribution is 4.93. The number of nitrogens with zero attached hydrogens (tertiary/aromatic N) is 1.